The van der Waals surface area contributed by atoms with Crippen LogP contribution in [0.4, 0.5) is 4.39 Å². The van der Waals surface area contributed by atoms with Crippen LogP contribution in [0.5, 0.6) is 0 Å². The van der Waals surface area contributed by atoms with E-state index in [1.165, 1.54) is 18.6 Å². The number of para-hydroxylation sites is 2. The summed E-state index contributed by atoms with van der Waals surface area (Å²) in [5, 5.41) is 0. The van der Waals surface area contributed by atoms with Crippen molar-refractivity contribution >= 4 is 16.9 Å². The summed E-state index contributed by atoms with van der Waals surface area (Å²) in [6.45, 7) is 9.54. The highest BCUT2D eigenvalue weighted by Gasteiger charge is 2.30. The molecule has 0 unspecified atom stereocenters. The van der Waals surface area contributed by atoms with Gasteiger partial charge in [0.1, 0.15) is 11.6 Å². The molecule has 7 heteroatoms. The Morgan fingerprint density at radius 2 is 1.65 bits per heavy atom. The Balaban J connectivity index is 1.24. The third-order valence-corrected chi connectivity index (χ3v) is 7.24. The van der Waals surface area contributed by atoms with Gasteiger partial charge in [0, 0.05) is 37.8 Å². The first-order chi connectivity index (χ1) is 16.6. The van der Waals surface area contributed by atoms with Crippen LogP contribution in [0.1, 0.15) is 32.0 Å². The molecule has 2 saturated heterocycles. The Labute approximate surface area is 201 Å². The molecule has 0 radical (unpaired) electrons. The van der Waals surface area contributed by atoms with E-state index in [9.17, 15) is 9.18 Å². The molecule has 3 heterocycles. The lowest BCUT2D eigenvalue weighted by Crippen LogP contribution is -2.51. The lowest BCUT2D eigenvalue weighted by molar-refractivity contribution is -0.138. The molecule has 2 aromatic carbocycles. The van der Waals surface area contributed by atoms with Crippen molar-refractivity contribution in [3.05, 3.63) is 60.2 Å². The fraction of sp³-hybridized carbons (Fsp3) is 0.481. The molecule has 0 spiro atoms. The van der Waals surface area contributed by atoms with Crippen LogP contribution in [0.2, 0.25) is 0 Å². The number of piperidine rings is 1. The number of likely N-dealkylation sites (tertiary alicyclic amines) is 1. The van der Waals surface area contributed by atoms with Crippen LogP contribution in [-0.2, 0) is 11.3 Å². The molecule has 1 aromatic heterocycles. The van der Waals surface area contributed by atoms with Crippen molar-refractivity contribution in [2.24, 2.45) is 5.92 Å². The highest BCUT2D eigenvalue weighted by Crippen LogP contribution is 2.26. The summed E-state index contributed by atoms with van der Waals surface area (Å²) in [4.78, 5) is 24.9. The van der Waals surface area contributed by atoms with Crippen LogP contribution < -0.4 is 0 Å². The van der Waals surface area contributed by atoms with Gasteiger partial charge in [0.15, 0.2) is 0 Å². The van der Waals surface area contributed by atoms with E-state index in [4.69, 9.17) is 4.98 Å². The van der Waals surface area contributed by atoms with Gasteiger partial charge in [-0.2, -0.15) is 0 Å². The first-order valence-corrected chi connectivity index (χ1v) is 12.6. The number of halogens is 1. The second-order valence-electron chi connectivity index (χ2n) is 9.55. The fourth-order valence-electron chi connectivity index (χ4n) is 5.36. The normalized spacial score (nSPS) is 18.6. The molecule has 0 bridgehead atoms. The smallest absolute Gasteiger partial charge is 0.225 e. The predicted molar refractivity (Wildman–Crippen MR) is 132 cm³/mol. The van der Waals surface area contributed by atoms with E-state index in [-0.39, 0.29) is 11.7 Å². The molecule has 1 amide bonds. The van der Waals surface area contributed by atoms with E-state index in [1.807, 2.05) is 18.2 Å². The number of nitrogens with zero attached hydrogens (tertiary/aromatic N) is 5. The summed E-state index contributed by atoms with van der Waals surface area (Å²) in [5.74, 6) is 1.18. The minimum absolute atomic E-state index is 0.130. The highest BCUT2D eigenvalue weighted by molar-refractivity contribution is 5.79. The fourth-order valence-corrected chi connectivity index (χ4v) is 5.36. The number of hydrogen-bond donors (Lipinski definition) is 0. The Kier molecular flexibility index (Phi) is 6.92. The second kappa shape index (κ2) is 10.2. The largest absolute Gasteiger partial charge is 0.340 e. The zero-order chi connectivity index (χ0) is 23.5. The van der Waals surface area contributed by atoms with E-state index < -0.39 is 0 Å². The lowest BCUT2D eigenvalue weighted by atomic mass is 9.95. The van der Waals surface area contributed by atoms with E-state index in [1.54, 1.807) is 12.1 Å². The van der Waals surface area contributed by atoms with Gasteiger partial charge < -0.3 is 4.90 Å². The first-order valence-electron chi connectivity index (χ1n) is 12.6. The number of piperazine rings is 1. The minimum atomic E-state index is -0.242. The molecular formula is C27H34FN5O. The van der Waals surface area contributed by atoms with Crippen molar-refractivity contribution in [3.8, 4) is 5.69 Å². The summed E-state index contributed by atoms with van der Waals surface area (Å²) in [6.07, 6.45) is 2.96. The maximum Gasteiger partial charge on any atom is 0.225 e. The highest BCUT2D eigenvalue weighted by atomic mass is 19.1. The van der Waals surface area contributed by atoms with Gasteiger partial charge in [-0.1, -0.05) is 19.1 Å². The molecule has 34 heavy (non-hydrogen) atoms. The molecule has 2 aliphatic rings. The monoisotopic (exact) mass is 463 g/mol. The number of rotatable bonds is 6. The van der Waals surface area contributed by atoms with Crippen LogP contribution in [0.15, 0.2) is 48.5 Å². The quantitative estimate of drug-likeness (QED) is 0.556. The number of aromatic nitrogens is 2. The van der Waals surface area contributed by atoms with Gasteiger partial charge in [-0.25, -0.2) is 9.37 Å². The van der Waals surface area contributed by atoms with Gasteiger partial charge in [-0.05, 0) is 75.3 Å². The predicted octanol–water partition coefficient (Wildman–Crippen LogP) is 3.93. The summed E-state index contributed by atoms with van der Waals surface area (Å²) >= 11 is 0. The van der Waals surface area contributed by atoms with Crippen molar-refractivity contribution < 1.29 is 9.18 Å². The van der Waals surface area contributed by atoms with E-state index in [2.05, 4.69) is 32.3 Å². The van der Waals surface area contributed by atoms with Crippen molar-refractivity contribution in [2.75, 3.05) is 45.8 Å². The number of carbonyl (C=O) groups is 1. The Bertz CT molecular complexity index is 1110. The maximum atomic E-state index is 13.5. The van der Waals surface area contributed by atoms with Gasteiger partial charge in [-0.15, -0.1) is 0 Å². The number of hydrogen-bond acceptors (Lipinski definition) is 4. The zero-order valence-electron chi connectivity index (χ0n) is 20.0. The minimum Gasteiger partial charge on any atom is -0.340 e. The first kappa shape index (κ1) is 23.0. The molecule has 0 saturated carbocycles. The van der Waals surface area contributed by atoms with Crippen molar-refractivity contribution in [2.45, 2.75) is 32.7 Å². The zero-order valence-corrected chi connectivity index (χ0v) is 20.0. The number of fused-ring (bicyclic) bond motifs is 1. The van der Waals surface area contributed by atoms with Crippen LogP contribution in [0.25, 0.3) is 16.7 Å². The summed E-state index contributed by atoms with van der Waals surface area (Å²) < 4.78 is 15.7. The average molecular weight is 464 g/mol. The van der Waals surface area contributed by atoms with E-state index in [0.29, 0.717) is 12.5 Å². The number of imidazole rings is 1. The van der Waals surface area contributed by atoms with Crippen LogP contribution in [0, 0.1) is 11.7 Å². The standard InChI is InChI=1S/C27H34FN5O/c1-2-13-30-16-18-32(19-17-30)27(34)21-11-14-31(15-12-21)20-26-29-24-5-3-4-6-25(24)33(26)23-9-7-22(28)8-10-23/h3-10,21H,2,11-20H2,1H3. The molecular weight excluding hydrogens is 429 g/mol. The number of benzene rings is 2. The molecule has 2 fully saturated rings. The lowest BCUT2D eigenvalue weighted by Gasteiger charge is -2.38. The summed E-state index contributed by atoms with van der Waals surface area (Å²) in [5.41, 5.74) is 2.88. The molecule has 0 N–H and O–H groups in total. The van der Waals surface area contributed by atoms with E-state index in [0.717, 1.165) is 81.2 Å². The van der Waals surface area contributed by atoms with Gasteiger partial charge in [0.25, 0.3) is 0 Å². The van der Waals surface area contributed by atoms with Crippen LogP contribution >= 0.6 is 0 Å². The summed E-state index contributed by atoms with van der Waals surface area (Å²) in [6, 6.07) is 14.7. The molecule has 3 aromatic rings. The molecule has 180 valence electrons. The van der Waals surface area contributed by atoms with Gasteiger partial charge in [0.2, 0.25) is 5.91 Å². The Hall–Kier alpha value is -2.77. The third-order valence-electron chi connectivity index (χ3n) is 7.24. The average Bonchev–Trinajstić information content (AvgIpc) is 3.23. The van der Waals surface area contributed by atoms with Crippen molar-refractivity contribution in [1.29, 1.82) is 0 Å². The third kappa shape index (κ3) is 4.86. The topological polar surface area (TPSA) is 44.6 Å². The molecule has 0 atom stereocenters. The molecule has 2 aliphatic heterocycles. The Morgan fingerprint density at radius 1 is 0.941 bits per heavy atom. The van der Waals surface area contributed by atoms with E-state index >= 15 is 0 Å². The Morgan fingerprint density at radius 3 is 2.35 bits per heavy atom. The SMILES string of the molecule is CCCN1CCN(C(=O)C2CCN(Cc3nc4ccccc4n3-c3ccc(F)cc3)CC2)CC1. The van der Waals surface area contributed by atoms with Crippen LogP contribution in [-0.4, -0.2) is 76.0 Å². The van der Waals surface area contributed by atoms with Crippen molar-refractivity contribution in [3.63, 3.8) is 0 Å². The molecule has 0 aliphatic carbocycles. The van der Waals surface area contributed by atoms with Crippen LogP contribution in [0.3, 0.4) is 0 Å². The van der Waals surface area contributed by atoms with Crippen molar-refractivity contribution in [1.82, 2.24) is 24.3 Å². The van der Waals surface area contributed by atoms with Gasteiger partial charge in [0.05, 0.1) is 17.6 Å². The maximum absolute atomic E-state index is 13.5. The molecule has 6 nitrogen and oxygen atoms in total. The number of carbonyl (C=O) groups excluding carboxylic acids is 1. The number of amides is 1. The molecule has 5 rings (SSSR count). The second-order valence-corrected chi connectivity index (χ2v) is 9.55. The summed E-state index contributed by atoms with van der Waals surface area (Å²) in [7, 11) is 0. The van der Waals surface area contributed by atoms with Gasteiger partial charge >= 0.3 is 0 Å². The van der Waals surface area contributed by atoms with Gasteiger partial charge in [-0.3, -0.25) is 19.2 Å².